The molecular formula is C22H24N4O3. The molecule has 0 saturated carbocycles. The van der Waals surface area contributed by atoms with Gasteiger partial charge >= 0.3 is 0 Å². The Morgan fingerprint density at radius 2 is 1.93 bits per heavy atom. The first-order chi connectivity index (χ1) is 14.0. The van der Waals surface area contributed by atoms with E-state index in [0.29, 0.717) is 25.6 Å². The molecule has 1 atom stereocenters. The average Bonchev–Trinajstić information content (AvgIpc) is 3.01. The molecule has 0 aliphatic carbocycles. The molecule has 7 heteroatoms. The summed E-state index contributed by atoms with van der Waals surface area (Å²) in [7, 11) is 1.77. The molecule has 5 rings (SSSR count). The maximum absolute atomic E-state index is 7.53. The van der Waals surface area contributed by atoms with E-state index in [1.807, 2.05) is 36.4 Å². The summed E-state index contributed by atoms with van der Waals surface area (Å²) in [6.07, 6.45) is 3.52. The molecule has 29 heavy (non-hydrogen) atoms. The molecule has 0 aromatic heterocycles. The van der Waals surface area contributed by atoms with E-state index in [-0.39, 0.29) is 5.60 Å². The number of hydrogen-bond donors (Lipinski definition) is 2. The molecule has 0 amide bonds. The molecule has 150 valence electrons. The van der Waals surface area contributed by atoms with Crippen molar-refractivity contribution >= 4 is 12.2 Å². The van der Waals surface area contributed by atoms with E-state index in [4.69, 9.17) is 30.4 Å². The van der Waals surface area contributed by atoms with Gasteiger partial charge in [-0.3, -0.25) is 0 Å². The first kappa shape index (κ1) is 18.1. The van der Waals surface area contributed by atoms with Crippen LogP contribution in [0.15, 0.2) is 47.5 Å². The zero-order chi connectivity index (χ0) is 20.1. The van der Waals surface area contributed by atoms with Crippen LogP contribution in [0.1, 0.15) is 30.4 Å². The van der Waals surface area contributed by atoms with Gasteiger partial charge in [-0.1, -0.05) is 24.3 Å². The lowest BCUT2D eigenvalue weighted by molar-refractivity contribution is -0.212. The first-order valence-corrected chi connectivity index (χ1v) is 9.83. The highest BCUT2D eigenvalue weighted by Gasteiger charge is 2.54. The number of benzene rings is 2. The molecule has 3 aliphatic heterocycles. The third-order valence-corrected chi connectivity index (χ3v) is 5.99. The second-order valence-electron chi connectivity index (χ2n) is 7.90. The Labute approximate surface area is 169 Å². The minimum Gasteiger partial charge on any atom is -0.486 e. The molecule has 2 aromatic carbocycles. The van der Waals surface area contributed by atoms with Gasteiger partial charge in [0.15, 0.2) is 0 Å². The van der Waals surface area contributed by atoms with Crippen molar-refractivity contribution in [2.45, 2.75) is 30.6 Å². The molecule has 3 heterocycles. The summed E-state index contributed by atoms with van der Waals surface area (Å²) in [6, 6.07) is 14.0. The van der Waals surface area contributed by atoms with E-state index < -0.39 is 5.72 Å². The van der Waals surface area contributed by atoms with Crippen molar-refractivity contribution in [1.82, 2.24) is 5.06 Å². The Morgan fingerprint density at radius 1 is 1.14 bits per heavy atom. The molecule has 1 unspecified atom stereocenters. The van der Waals surface area contributed by atoms with Crippen LogP contribution in [0.5, 0.6) is 5.75 Å². The van der Waals surface area contributed by atoms with Crippen LogP contribution in [0.25, 0.3) is 11.1 Å². The van der Waals surface area contributed by atoms with Gasteiger partial charge in [-0.05, 0) is 34.9 Å². The number of hydroxylamine groups is 2. The number of aliphatic imine (C=N–C) groups is 1. The van der Waals surface area contributed by atoms with Gasteiger partial charge in [-0.15, -0.1) is 0 Å². The van der Waals surface area contributed by atoms with Gasteiger partial charge in [-0.25, -0.2) is 14.9 Å². The molecule has 7 nitrogen and oxygen atoms in total. The van der Waals surface area contributed by atoms with Gasteiger partial charge in [0, 0.05) is 32.5 Å². The van der Waals surface area contributed by atoms with Crippen molar-refractivity contribution in [3.63, 3.8) is 0 Å². The van der Waals surface area contributed by atoms with Crippen molar-refractivity contribution in [2.24, 2.45) is 10.7 Å². The molecule has 1 fully saturated rings. The Hall–Kier alpha value is -2.90. The average molecular weight is 392 g/mol. The number of guanidine groups is 1. The number of nitrogens with two attached hydrogens (primary N) is 1. The van der Waals surface area contributed by atoms with Crippen molar-refractivity contribution in [3.8, 4) is 16.9 Å². The highest BCUT2D eigenvalue weighted by molar-refractivity contribution is 5.81. The van der Waals surface area contributed by atoms with Crippen molar-refractivity contribution < 1.29 is 14.3 Å². The molecule has 0 radical (unpaired) electrons. The van der Waals surface area contributed by atoms with E-state index in [1.54, 1.807) is 7.05 Å². The van der Waals surface area contributed by atoms with Gasteiger partial charge in [0.2, 0.25) is 11.7 Å². The van der Waals surface area contributed by atoms with Crippen LogP contribution < -0.4 is 10.5 Å². The molecule has 2 spiro atoms. The fraction of sp³-hybridized carbons (Fsp3) is 0.364. The fourth-order valence-corrected chi connectivity index (χ4v) is 4.47. The number of nitrogens with zero attached hydrogens (tertiary/aromatic N) is 2. The summed E-state index contributed by atoms with van der Waals surface area (Å²) in [5.41, 5.74) is 8.60. The number of ether oxygens (including phenoxy) is 2. The van der Waals surface area contributed by atoms with Crippen LogP contribution in [0.3, 0.4) is 0 Å². The van der Waals surface area contributed by atoms with Crippen LogP contribution in [-0.2, 0) is 15.3 Å². The fourth-order valence-electron chi connectivity index (χ4n) is 4.47. The van der Waals surface area contributed by atoms with Crippen molar-refractivity contribution in [2.75, 3.05) is 20.3 Å². The zero-order valence-corrected chi connectivity index (χ0v) is 16.4. The quantitative estimate of drug-likeness (QED) is 0.767. The Kier molecular flexibility index (Phi) is 4.11. The molecule has 3 aliphatic rings. The number of rotatable bonds is 2. The van der Waals surface area contributed by atoms with Crippen LogP contribution in [-0.4, -0.2) is 43.1 Å². The second kappa shape index (κ2) is 6.57. The van der Waals surface area contributed by atoms with E-state index in [0.717, 1.165) is 40.8 Å². The highest BCUT2D eigenvalue weighted by atomic mass is 16.7. The summed E-state index contributed by atoms with van der Waals surface area (Å²) in [5.74, 6) is 1.13. The molecule has 3 N–H and O–H groups in total. The maximum atomic E-state index is 7.53. The molecule has 2 aromatic rings. The van der Waals surface area contributed by atoms with E-state index in [2.05, 4.69) is 6.07 Å². The van der Waals surface area contributed by atoms with Gasteiger partial charge in [0.1, 0.15) is 11.4 Å². The van der Waals surface area contributed by atoms with Crippen LogP contribution >= 0.6 is 0 Å². The van der Waals surface area contributed by atoms with Crippen LogP contribution in [0.4, 0.5) is 0 Å². The highest BCUT2D eigenvalue weighted by Crippen LogP contribution is 2.52. The maximum Gasteiger partial charge on any atom is 0.222 e. The van der Waals surface area contributed by atoms with Gasteiger partial charge < -0.3 is 20.6 Å². The normalized spacial score (nSPS) is 24.9. The van der Waals surface area contributed by atoms with Crippen molar-refractivity contribution in [3.05, 3.63) is 53.6 Å². The molecular weight excluding hydrogens is 368 g/mol. The Bertz CT molecular complexity index is 999. The van der Waals surface area contributed by atoms with Gasteiger partial charge in [-0.2, -0.15) is 0 Å². The predicted molar refractivity (Wildman–Crippen MR) is 110 cm³/mol. The van der Waals surface area contributed by atoms with Crippen LogP contribution in [0, 0.1) is 5.41 Å². The summed E-state index contributed by atoms with van der Waals surface area (Å²) in [4.78, 5) is 11.0. The van der Waals surface area contributed by atoms with Crippen molar-refractivity contribution in [1.29, 1.82) is 5.41 Å². The number of hydrogen-bond acceptors (Lipinski definition) is 7. The van der Waals surface area contributed by atoms with E-state index in [9.17, 15) is 0 Å². The monoisotopic (exact) mass is 392 g/mol. The second-order valence-corrected chi connectivity index (χ2v) is 7.90. The SMILES string of the molecule is CN1OC2(CC3(CCOCC3)Oc3ccc(-c4cccc(C=N)c4)cc32)N=C1N. The van der Waals surface area contributed by atoms with Gasteiger partial charge in [0.25, 0.3) is 0 Å². The summed E-state index contributed by atoms with van der Waals surface area (Å²) >= 11 is 0. The topological polar surface area (TPSA) is 93.2 Å². The lowest BCUT2D eigenvalue weighted by Crippen LogP contribution is -2.51. The molecule has 0 bridgehead atoms. The van der Waals surface area contributed by atoms with E-state index in [1.165, 1.54) is 11.3 Å². The third-order valence-electron chi connectivity index (χ3n) is 5.99. The zero-order valence-electron chi connectivity index (χ0n) is 16.4. The molecule has 1 saturated heterocycles. The lowest BCUT2D eigenvalue weighted by atomic mass is 9.79. The number of nitrogens with one attached hydrogen (secondary N) is 1. The minimum absolute atomic E-state index is 0.358. The number of fused-ring (bicyclic) bond motifs is 2. The van der Waals surface area contributed by atoms with Crippen LogP contribution in [0.2, 0.25) is 0 Å². The Morgan fingerprint density at radius 3 is 2.66 bits per heavy atom. The minimum atomic E-state index is -0.904. The predicted octanol–water partition coefficient (Wildman–Crippen LogP) is 3.03. The standard InChI is InChI=1S/C22H24N4O3/c1-26-20(24)25-22(29-26)14-21(7-9-27-10-8-21)28-19-6-5-17(12-18(19)22)16-4-2-3-15(11-16)13-23/h2-6,11-13,23H,7-10,14H2,1H3,(H2,24,25). The largest absolute Gasteiger partial charge is 0.486 e. The Balaban J connectivity index is 1.63. The summed E-state index contributed by atoms with van der Waals surface area (Å²) < 4.78 is 12.1. The summed E-state index contributed by atoms with van der Waals surface area (Å²) in [5, 5.41) is 9.06. The van der Waals surface area contributed by atoms with E-state index >= 15 is 0 Å². The third kappa shape index (κ3) is 2.97. The smallest absolute Gasteiger partial charge is 0.222 e. The first-order valence-electron chi connectivity index (χ1n) is 9.83. The van der Waals surface area contributed by atoms with Gasteiger partial charge in [0.05, 0.1) is 18.8 Å². The summed E-state index contributed by atoms with van der Waals surface area (Å²) in [6.45, 7) is 1.32. The lowest BCUT2D eigenvalue weighted by Gasteiger charge is -2.46.